The van der Waals surface area contributed by atoms with Crippen molar-refractivity contribution >= 4 is 21.7 Å². The molecule has 0 atom stereocenters. The summed E-state index contributed by atoms with van der Waals surface area (Å²) in [5, 5.41) is 0.645. The summed E-state index contributed by atoms with van der Waals surface area (Å²) in [5.41, 5.74) is 0.937. The lowest BCUT2D eigenvalue weighted by molar-refractivity contribution is -0.119. The molecule has 0 amide bonds. The summed E-state index contributed by atoms with van der Waals surface area (Å²) in [7, 11) is 0. The molecular weight excluding hydrogens is 285 g/mol. The zero-order valence-electron chi connectivity index (χ0n) is 8.76. The third-order valence-electron chi connectivity index (χ3n) is 2.04. The molecule has 0 spiro atoms. The molecule has 0 saturated heterocycles. The number of hydrogen-bond donors (Lipinski definition) is 0. The lowest BCUT2D eigenvalue weighted by Gasteiger charge is -2.23. The molecule has 1 aromatic rings. The normalized spacial score (nSPS) is 11.6. The Morgan fingerprint density at radius 1 is 1.38 bits per heavy atom. The van der Waals surface area contributed by atoms with Crippen molar-refractivity contribution in [3.63, 3.8) is 0 Å². The Kier molecular flexibility index (Phi) is 4.58. The average molecular weight is 297 g/mol. The summed E-state index contributed by atoms with van der Waals surface area (Å²) in [5.74, 6) is 0.351. The first-order valence-electron chi connectivity index (χ1n) is 4.79. The van der Waals surface area contributed by atoms with Crippen LogP contribution in [0.15, 0.2) is 18.3 Å². The minimum Gasteiger partial charge on any atom is -0.348 e. The number of rotatable bonds is 4. The second-order valence-corrected chi connectivity index (χ2v) is 3.85. The number of halogens is 4. The van der Waals surface area contributed by atoms with Gasteiger partial charge in [-0.05, 0) is 18.6 Å². The van der Waals surface area contributed by atoms with Gasteiger partial charge in [-0.15, -0.1) is 0 Å². The van der Waals surface area contributed by atoms with Crippen molar-refractivity contribution in [1.29, 1.82) is 0 Å². The predicted molar refractivity (Wildman–Crippen MR) is 60.8 cm³/mol. The quantitative estimate of drug-likeness (QED) is 0.792. The van der Waals surface area contributed by atoms with Gasteiger partial charge >= 0.3 is 6.18 Å². The van der Waals surface area contributed by atoms with Gasteiger partial charge in [-0.2, -0.15) is 13.2 Å². The Labute approximate surface area is 101 Å². The van der Waals surface area contributed by atoms with Gasteiger partial charge in [0.15, 0.2) is 0 Å². The maximum Gasteiger partial charge on any atom is 0.405 e. The minimum absolute atomic E-state index is 0.278. The SMILES string of the molecule is CCN(CC(F)(F)F)c1ccc(CBr)cn1. The van der Waals surface area contributed by atoms with E-state index in [2.05, 4.69) is 20.9 Å². The lowest BCUT2D eigenvalue weighted by atomic mass is 10.3. The maximum atomic E-state index is 12.2. The smallest absolute Gasteiger partial charge is 0.348 e. The molecule has 1 rings (SSSR count). The van der Waals surface area contributed by atoms with Gasteiger partial charge in [0.1, 0.15) is 12.4 Å². The maximum absolute atomic E-state index is 12.2. The summed E-state index contributed by atoms with van der Waals surface area (Å²) < 4.78 is 36.7. The number of nitrogens with zero attached hydrogens (tertiary/aromatic N) is 2. The molecule has 0 bridgehead atoms. The van der Waals surface area contributed by atoms with Gasteiger partial charge in [0.2, 0.25) is 0 Å². The second kappa shape index (κ2) is 5.52. The molecule has 0 saturated carbocycles. The van der Waals surface area contributed by atoms with Crippen LogP contribution < -0.4 is 4.90 Å². The third kappa shape index (κ3) is 4.00. The van der Waals surface area contributed by atoms with Crippen molar-refractivity contribution in [3.05, 3.63) is 23.9 Å². The van der Waals surface area contributed by atoms with Crippen LogP contribution in [0.3, 0.4) is 0 Å². The molecule has 0 radical (unpaired) electrons. The van der Waals surface area contributed by atoms with Crippen molar-refractivity contribution in [2.45, 2.75) is 18.4 Å². The van der Waals surface area contributed by atoms with E-state index < -0.39 is 12.7 Å². The van der Waals surface area contributed by atoms with Gasteiger partial charge in [-0.3, -0.25) is 0 Å². The first kappa shape index (κ1) is 13.3. The number of hydrogen-bond acceptors (Lipinski definition) is 2. The van der Waals surface area contributed by atoms with E-state index in [-0.39, 0.29) is 6.54 Å². The van der Waals surface area contributed by atoms with Crippen LogP contribution in [0, 0.1) is 0 Å². The van der Waals surface area contributed by atoms with E-state index in [1.54, 1.807) is 25.3 Å². The zero-order chi connectivity index (χ0) is 12.2. The molecule has 0 N–H and O–H groups in total. The van der Waals surface area contributed by atoms with Crippen molar-refractivity contribution in [3.8, 4) is 0 Å². The highest BCUT2D eigenvalue weighted by Gasteiger charge is 2.30. The summed E-state index contributed by atoms with van der Waals surface area (Å²) >= 11 is 3.25. The van der Waals surface area contributed by atoms with Crippen LogP contribution in [0.4, 0.5) is 19.0 Å². The molecule has 1 aromatic heterocycles. The van der Waals surface area contributed by atoms with Crippen LogP contribution >= 0.6 is 15.9 Å². The Morgan fingerprint density at radius 2 is 2.06 bits per heavy atom. The molecule has 0 fully saturated rings. The molecule has 0 aromatic carbocycles. The van der Waals surface area contributed by atoms with Gasteiger partial charge < -0.3 is 4.90 Å². The standard InChI is InChI=1S/C10H12BrF3N2/c1-2-16(7-10(12,13)14)9-4-3-8(5-11)6-15-9/h3-4,6H,2,5,7H2,1H3. The van der Waals surface area contributed by atoms with E-state index in [1.807, 2.05) is 0 Å². The van der Waals surface area contributed by atoms with Crippen LogP contribution in [-0.4, -0.2) is 24.2 Å². The van der Waals surface area contributed by atoms with Crippen molar-refractivity contribution in [2.75, 3.05) is 18.0 Å². The number of alkyl halides is 4. The van der Waals surface area contributed by atoms with E-state index >= 15 is 0 Å². The van der Waals surface area contributed by atoms with E-state index in [1.165, 1.54) is 4.90 Å². The number of anilines is 1. The van der Waals surface area contributed by atoms with Crippen molar-refractivity contribution < 1.29 is 13.2 Å². The van der Waals surface area contributed by atoms with Gasteiger partial charge in [-0.25, -0.2) is 4.98 Å². The van der Waals surface area contributed by atoms with Gasteiger partial charge in [0.25, 0.3) is 0 Å². The molecule has 16 heavy (non-hydrogen) atoms. The minimum atomic E-state index is -4.20. The summed E-state index contributed by atoms with van der Waals surface area (Å²) in [6.45, 7) is 0.982. The van der Waals surface area contributed by atoms with E-state index in [0.717, 1.165) is 5.56 Å². The highest BCUT2D eigenvalue weighted by atomic mass is 79.9. The summed E-state index contributed by atoms with van der Waals surface area (Å²) in [6, 6.07) is 3.36. The summed E-state index contributed by atoms with van der Waals surface area (Å²) in [4.78, 5) is 5.19. The van der Waals surface area contributed by atoms with Crippen molar-refractivity contribution in [2.24, 2.45) is 0 Å². The fourth-order valence-electron chi connectivity index (χ4n) is 1.25. The van der Waals surface area contributed by atoms with E-state index in [9.17, 15) is 13.2 Å². The average Bonchev–Trinajstić information content (AvgIpc) is 2.25. The summed E-state index contributed by atoms with van der Waals surface area (Å²) in [6.07, 6.45) is -2.63. The van der Waals surface area contributed by atoms with Gasteiger partial charge in [0, 0.05) is 18.1 Å². The molecule has 6 heteroatoms. The molecule has 0 unspecified atom stereocenters. The Hall–Kier alpha value is -0.780. The van der Waals surface area contributed by atoms with E-state index in [0.29, 0.717) is 11.1 Å². The predicted octanol–water partition coefficient (Wildman–Crippen LogP) is 3.37. The highest BCUT2D eigenvalue weighted by molar-refractivity contribution is 9.08. The first-order valence-corrected chi connectivity index (χ1v) is 5.91. The second-order valence-electron chi connectivity index (χ2n) is 3.29. The molecule has 0 aliphatic rings. The molecule has 2 nitrogen and oxygen atoms in total. The molecule has 0 aliphatic heterocycles. The van der Waals surface area contributed by atoms with E-state index in [4.69, 9.17) is 0 Å². The van der Waals surface area contributed by atoms with Crippen LogP contribution in [0.25, 0.3) is 0 Å². The topological polar surface area (TPSA) is 16.1 Å². The number of aromatic nitrogens is 1. The van der Waals surface area contributed by atoms with Crippen LogP contribution in [0.5, 0.6) is 0 Å². The van der Waals surface area contributed by atoms with Crippen molar-refractivity contribution in [1.82, 2.24) is 4.98 Å². The van der Waals surface area contributed by atoms with Crippen LogP contribution in [0.2, 0.25) is 0 Å². The molecular formula is C10H12BrF3N2. The molecule has 1 heterocycles. The van der Waals surface area contributed by atoms with Crippen LogP contribution in [0.1, 0.15) is 12.5 Å². The number of pyridine rings is 1. The first-order chi connectivity index (χ1) is 7.46. The largest absolute Gasteiger partial charge is 0.405 e. The van der Waals surface area contributed by atoms with Gasteiger partial charge in [-0.1, -0.05) is 22.0 Å². The Bertz CT molecular complexity index is 324. The zero-order valence-corrected chi connectivity index (χ0v) is 10.3. The molecule has 0 aliphatic carbocycles. The fourth-order valence-corrected chi connectivity index (χ4v) is 1.59. The molecule has 90 valence electrons. The Balaban J connectivity index is 2.79. The highest BCUT2D eigenvalue weighted by Crippen LogP contribution is 2.20. The van der Waals surface area contributed by atoms with Crippen LogP contribution in [-0.2, 0) is 5.33 Å². The van der Waals surface area contributed by atoms with Gasteiger partial charge in [0.05, 0.1) is 0 Å². The lowest BCUT2D eigenvalue weighted by Crippen LogP contribution is -2.34. The third-order valence-corrected chi connectivity index (χ3v) is 2.69. The monoisotopic (exact) mass is 296 g/mol. The fraction of sp³-hybridized carbons (Fsp3) is 0.500. The Morgan fingerprint density at radius 3 is 2.44 bits per heavy atom.